The van der Waals surface area contributed by atoms with E-state index in [1.54, 1.807) is 12.5 Å². The summed E-state index contributed by atoms with van der Waals surface area (Å²) in [5, 5.41) is 7.42. The van der Waals surface area contributed by atoms with Gasteiger partial charge in [-0.3, -0.25) is 9.00 Å². The first-order valence-corrected chi connectivity index (χ1v) is 1.54. The van der Waals surface area contributed by atoms with Gasteiger partial charge in [0.05, 0.1) is 0 Å². The molecule has 6 heavy (non-hydrogen) atoms. The Morgan fingerprint density at radius 1 is 1.67 bits per heavy atom. The zero-order valence-electron chi connectivity index (χ0n) is 3.26. The Bertz CT molecular complexity index is 40.1. The molecule has 0 saturated heterocycles. The highest BCUT2D eigenvalue weighted by molar-refractivity contribution is 7.44. The van der Waals surface area contributed by atoms with Crippen LogP contribution in [-0.2, 0) is 17.3 Å². The lowest BCUT2D eigenvalue weighted by molar-refractivity contribution is -0.134. The van der Waals surface area contributed by atoms with Crippen molar-refractivity contribution < 1.29 is 14.1 Å². The molecule has 1 N–H and O–H groups in total. The molecule has 38 valence electrons. The van der Waals surface area contributed by atoms with Gasteiger partial charge in [0.25, 0.3) is 5.97 Å². The molecule has 0 aromatic carbocycles. The molecule has 0 aliphatic rings. The Morgan fingerprint density at radius 3 is 1.67 bits per heavy atom. The molecule has 3 nitrogen and oxygen atoms in total. The summed E-state index contributed by atoms with van der Waals surface area (Å²) in [5.74, 6) is -0.833. The van der Waals surface area contributed by atoms with E-state index in [-0.39, 0.29) is 0 Å². The van der Waals surface area contributed by atoms with Crippen LogP contribution in [0.15, 0.2) is 0 Å². The molecule has 0 unspecified atom stereocenters. The molecule has 0 atom stereocenters. The van der Waals surface area contributed by atoms with E-state index in [2.05, 4.69) is 0 Å². The second kappa shape index (κ2) is 8.82. The van der Waals surface area contributed by atoms with E-state index in [4.69, 9.17) is 14.1 Å². The third-order valence-electron chi connectivity index (χ3n) is 0. The number of hydrogen-bond acceptors (Lipinski definition) is 2. The summed E-state index contributed by atoms with van der Waals surface area (Å²) in [6, 6.07) is 0. The minimum absolute atomic E-state index is 0.833. The minimum Gasteiger partial charge on any atom is -0.481 e. The fourth-order valence-corrected chi connectivity index (χ4v) is 0. The highest BCUT2D eigenvalue weighted by Crippen LogP contribution is 1.42. The Labute approximate surface area is 40.5 Å². The van der Waals surface area contributed by atoms with Gasteiger partial charge in [-0.1, -0.05) is 0 Å². The maximum atomic E-state index is 9.00. The fraction of sp³-hybridized carbons (Fsp3) is 0.500. The van der Waals surface area contributed by atoms with Gasteiger partial charge in [0.2, 0.25) is 0 Å². The van der Waals surface area contributed by atoms with Crippen LogP contribution >= 0.6 is 0 Å². The van der Waals surface area contributed by atoms with E-state index in [0.717, 1.165) is 6.92 Å². The molecule has 0 aromatic rings. The minimum atomic E-state index is -0.833. The average Bonchev–Trinajstić information content (AvgIpc) is 1.41. The van der Waals surface area contributed by atoms with Crippen LogP contribution in [0.4, 0.5) is 0 Å². The van der Waals surface area contributed by atoms with E-state index in [1.165, 1.54) is 0 Å². The van der Waals surface area contributed by atoms with Crippen molar-refractivity contribution in [3.63, 3.8) is 0 Å². The molecular weight excluding hydrogens is 104 g/mol. The molecule has 4 heteroatoms. The predicted molar refractivity (Wildman–Crippen MR) is 24.2 cm³/mol. The van der Waals surface area contributed by atoms with Gasteiger partial charge < -0.3 is 5.11 Å². The largest absolute Gasteiger partial charge is 0.481 e. The zero-order chi connectivity index (χ0) is 5.58. The van der Waals surface area contributed by atoms with Gasteiger partial charge in [-0.25, -0.2) is 0 Å². The van der Waals surface area contributed by atoms with E-state index in [1.807, 2.05) is 0 Å². The highest BCUT2D eigenvalue weighted by Gasteiger charge is 1.65. The summed E-state index contributed by atoms with van der Waals surface area (Å²) >= 11 is 1.72. The van der Waals surface area contributed by atoms with Crippen molar-refractivity contribution >= 4 is 18.5 Å². The smallest absolute Gasteiger partial charge is 0.300 e. The first-order valence-electron chi connectivity index (χ1n) is 1.13. The van der Waals surface area contributed by atoms with Crippen molar-refractivity contribution in [3.05, 3.63) is 0 Å². The van der Waals surface area contributed by atoms with Gasteiger partial charge in [0, 0.05) is 6.92 Å². The molecule has 0 aliphatic heterocycles. The lowest BCUT2D eigenvalue weighted by Gasteiger charge is -1.59. The predicted octanol–water partition coefficient (Wildman–Crippen LogP) is -0.781. The first kappa shape index (κ1) is 9.15. The van der Waals surface area contributed by atoms with E-state index in [0.29, 0.717) is 0 Å². The number of aliphatic carboxylic acids is 1. The van der Waals surface area contributed by atoms with Crippen molar-refractivity contribution in [2.24, 2.45) is 0 Å². The summed E-state index contributed by atoms with van der Waals surface area (Å²) in [4.78, 5) is 9.00. The Balaban J connectivity index is 0. The standard InChI is InChI=1S/C2H4O2.H2OS/c1-2(3)4;1-2/h1H3,(H,3,4);2H2. The highest BCUT2D eigenvalue weighted by atomic mass is 32.1. The number of carboxylic acids is 1. The summed E-state index contributed by atoms with van der Waals surface area (Å²) in [6.07, 6.45) is 0. The zero-order valence-corrected chi connectivity index (χ0v) is 4.26. The van der Waals surface area contributed by atoms with Crippen LogP contribution in [0.3, 0.4) is 0 Å². The molecule has 0 aromatic heterocycles. The van der Waals surface area contributed by atoms with Gasteiger partial charge in [-0.05, 0) is 12.5 Å². The number of rotatable bonds is 0. The quantitative estimate of drug-likeness (QED) is 0.445. The van der Waals surface area contributed by atoms with Gasteiger partial charge in [0.15, 0.2) is 0 Å². The van der Waals surface area contributed by atoms with Crippen molar-refractivity contribution in [2.75, 3.05) is 0 Å². The lowest BCUT2D eigenvalue weighted by atomic mass is 10.9. The second-order valence-electron chi connectivity index (χ2n) is 0.519. The number of carboxylic acid groups (broad SMARTS) is 1. The van der Waals surface area contributed by atoms with Gasteiger partial charge >= 0.3 is 0 Å². The Kier molecular flexibility index (Phi) is 13.5. The van der Waals surface area contributed by atoms with E-state index in [9.17, 15) is 0 Å². The lowest BCUT2D eigenvalue weighted by Crippen LogP contribution is -1.78. The van der Waals surface area contributed by atoms with Crippen LogP contribution in [0.2, 0.25) is 0 Å². The summed E-state index contributed by atoms with van der Waals surface area (Å²) in [7, 11) is 0. The molecule has 0 amide bonds. The monoisotopic (exact) mass is 110 g/mol. The van der Waals surface area contributed by atoms with E-state index < -0.39 is 5.97 Å². The van der Waals surface area contributed by atoms with Crippen LogP contribution < -0.4 is 0 Å². The molecule has 0 saturated carbocycles. The molecule has 0 heterocycles. The first-order chi connectivity index (χ1) is 2.73. The van der Waals surface area contributed by atoms with Crippen molar-refractivity contribution in [2.45, 2.75) is 6.92 Å². The molecule has 0 aliphatic carbocycles. The number of hydrogen-bond donors (Lipinski definition) is 1. The van der Waals surface area contributed by atoms with Crippen LogP contribution in [0, 0.1) is 0 Å². The van der Waals surface area contributed by atoms with Crippen LogP contribution in [0.5, 0.6) is 0 Å². The van der Waals surface area contributed by atoms with Crippen LogP contribution in [0.1, 0.15) is 6.92 Å². The molecule has 0 spiro atoms. The number of carbonyl (C=O) groups is 1. The maximum absolute atomic E-state index is 9.00. The van der Waals surface area contributed by atoms with Gasteiger partial charge in [0.1, 0.15) is 0 Å². The normalized spacial score (nSPS) is 5.00. The molecule has 0 bridgehead atoms. The van der Waals surface area contributed by atoms with Crippen molar-refractivity contribution in [1.29, 1.82) is 0 Å². The van der Waals surface area contributed by atoms with Crippen LogP contribution in [0.25, 0.3) is 0 Å². The third kappa shape index (κ3) is 172. The summed E-state index contributed by atoms with van der Waals surface area (Å²) in [6.45, 7) is 1.08. The van der Waals surface area contributed by atoms with Gasteiger partial charge in [-0.2, -0.15) is 0 Å². The molecular formula is C2H6O3S. The Morgan fingerprint density at radius 2 is 1.67 bits per heavy atom. The molecule has 0 rings (SSSR count). The Hall–Kier alpha value is -0.380. The molecule has 0 radical (unpaired) electrons. The average molecular weight is 110 g/mol. The summed E-state index contributed by atoms with van der Waals surface area (Å²) < 4.78 is 8.06. The molecule has 0 fully saturated rings. The fourth-order valence-electron chi connectivity index (χ4n) is 0. The SMILES string of the molecule is CC(=O)O.O=[SH2]. The topological polar surface area (TPSA) is 54.4 Å². The van der Waals surface area contributed by atoms with E-state index >= 15 is 0 Å². The van der Waals surface area contributed by atoms with Crippen molar-refractivity contribution in [3.8, 4) is 0 Å². The second-order valence-corrected chi connectivity index (χ2v) is 0.519. The van der Waals surface area contributed by atoms with Gasteiger partial charge in [-0.15, -0.1) is 0 Å². The summed E-state index contributed by atoms with van der Waals surface area (Å²) in [5.41, 5.74) is 0. The van der Waals surface area contributed by atoms with Crippen molar-refractivity contribution in [1.82, 2.24) is 0 Å². The van der Waals surface area contributed by atoms with Crippen LogP contribution in [-0.4, -0.2) is 15.3 Å². The maximum Gasteiger partial charge on any atom is 0.300 e. The third-order valence-corrected chi connectivity index (χ3v) is 0.